The molecule has 1 aromatic carbocycles. The Morgan fingerprint density at radius 2 is 2.16 bits per heavy atom. The minimum Gasteiger partial charge on any atom is -0.352 e. The van der Waals surface area contributed by atoms with E-state index >= 15 is 0 Å². The first-order chi connectivity index (χ1) is 9.06. The van der Waals surface area contributed by atoms with Gasteiger partial charge in [-0.3, -0.25) is 14.5 Å². The van der Waals surface area contributed by atoms with Gasteiger partial charge in [0.05, 0.1) is 12.1 Å². The fourth-order valence-electron chi connectivity index (χ4n) is 2.36. The Kier molecular flexibility index (Phi) is 4.27. The maximum absolute atomic E-state index is 13.5. The van der Waals surface area contributed by atoms with Gasteiger partial charge in [-0.05, 0) is 18.6 Å². The number of hydrogen-bond donors (Lipinski definition) is 1. The molecule has 102 valence electrons. The minimum atomic E-state index is -0.481. The molecular weight excluding hydrogens is 247 g/mol. The summed E-state index contributed by atoms with van der Waals surface area (Å²) in [6.45, 7) is 3.05. The van der Waals surface area contributed by atoms with Crippen LogP contribution in [-0.2, 0) is 4.79 Å². The first-order valence-corrected chi connectivity index (χ1v) is 6.33. The average molecular weight is 264 g/mol. The summed E-state index contributed by atoms with van der Waals surface area (Å²) in [5.74, 6) is -0.765. The van der Waals surface area contributed by atoms with Crippen LogP contribution >= 0.6 is 0 Å². The van der Waals surface area contributed by atoms with Crippen molar-refractivity contribution in [3.05, 3.63) is 35.6 Å². The van der Waals surface area contributed by atoms with Crippen molar-refractivity contribution in [2.24, 2.45) is 0 Å². The highest BCUT2D eigenvalue weighted by Gasteiger charge is 2.25. The predicted octanol–water partition coefficient (Wildman–Crippen LogP) is 1.22. The lowest BCUT2D eigenvalue weighted by Gasteiger charge is -2.15. The second kappa shape index (κ2) is 5.93. The summed E-state index contributed by atoms with van der Waals surface area (Å²) in [5.41, 5.74) is 0.130. The maximum Gasteiger partial charge on any atom is 0.217 e. The molecule has 1 atom stereocenters. The molecule has 0 radical (unpaired) electrons. The van der Waals surface area contributed by atoms with Crippen LogP contribution in [0, 0.1) is 5.82 Å². The van der Waals surface area contributed by atoms with Crippen molar-refractivity contribution in [3.63, 3.8) is 0 Å². The molecule has 1 aliphatic heterocycles. The smallest absolute Gasteiger partial charge is 0.217 e. The zero-order chi connectivity index (χ0) is 13.8. The lowest BCUT2D eigenvalue weighted by Crippen LogP contribution is -2.36. The highest BCUT2D eigenvalue weighted by atomic mass is 19.1. The lowest BCUT2D eigenvalue weighted by molar-refractivity contribution is -0.119. The molecule has 19 heavy (non-hydrogen) atoms. The van der Waals surface area contributed by atoms with E-state index in [1.165, 1.54) is 19.1 Å². The fraction of sp³-hybridized carbons (Fsp3) is 0.429. The molecular formula is C14H17FN2O2. The molecule has 2 rings (SSSR count). The number of nitrogens with zero attached hydrogens (tertiary/aromatic N) is 1. The van der Waals surface area contributed by atoms with Crippen molar-refractivity contribution in [1.82, 2.24) is 10.2 Å². The molecule has 4 nitrogen and oxygen atoms in total. The fourth-order valence-corrected chi connectivity index (χ4v) is 2.36. The van der Waals surface area contributed by atoms with Gasteiger partial charge in [-0.1, -0.05) is 12.1 Å². The second-order valence-electron chi connectivity index (χ2n) is 4.82. The first-order valence-electron chi connectivity index (χ1n) is 6.33. The molecule has 0 saturated carbocycles. The van der Waals surface area contributed by atoms with Crippen LogP contribution in [0.25, 0.3) is 0 Å². The summed E-state index contributed by atoms with van der Waals surface area (Å²) in [6.07, 6.45) is 0.824. The van der Waals surface area contributed by atoms with E-state index in [2.05, 4.69) is 5.32 Å². The Bertz CT molecular complexity index is 490. The quantitative estimate of drug-likeness (QED) is 0.832. The highest BCUT2D eigenvalue weighted by molar-refractivity contribution is 5.97. The van der Waals surface area contributed by atoms with Crippen molar-refractivity contribution in [1.29, 1.82) is 0 Å². The molecule has 1 N–H and O–H groups in total. The van der Waals surface area contributed by atoms with Crippen LogP contribution in [0.4, 0.5) is 4.39 Å². The van der Waals surface area contributed by atoms with Crippen LogP contribution in [0.5, 0.6) is 0 Å². The topological polar surface area (TPSA) is 49.4 Å². The van der Waals surface area contributed by atoms with Gasteiger partial charge < -0.3 is 5.32 Å². The average Bonchev–Trinajstić information content (AvgIpc) is 2.76. The van der Waals surface area contributed by atoms with Gasteiger partial charge in [0.25, 0.3) is 0 Å². The zero-order valence-electron chi connectivity index (χ0n) is 10.9. The Morgan fingerprint density at radius 3 is 2.84 bits per heavy atom. The standard InChI is InChI=1S/C14H17FN2O2/c1-10(18)16-11-6-7-17(8-11)9-14(19)12-4-2-3-5-13(12)15/h2-5,11H,6-9H2,1H3,(H,16,18). The van der Waals surface area contributed by atoms with Crippen LogP contribution in [0.1, 0.15) is 23.7 Å². The number of halogens is 1. The van der Waals surface area contributed by atoms with Crippen LogP contribution < -0.4 is 5.32 Å². The highest BCUT2D eigenvalue weighted by Crippen LogP contribution is 2.12. The molecule has 1 aliphatic rings. The minimum absolute atomic E-state index is 0.0627. The summed E-state index contributed by atoms with van der Waals surface area (Å²) in [6, 6.07) is 6.09. The number of amides is 1. The van der Waals surface area contributed by atoms with Crippen LogP contribution in [0.15, 0.2) is 24.3 Å². The number of benzene rings is 1. The summed E-state index contributed by atoms with van der Waals surface area (Å²) >= 11 is 0. The molecule has 0 spiro atoms. The molecule has 1 unspecified atom stereocenters. The van der Waals surface area contributed by atoms with Gasteiger partial charge in [-0.25, -0.2) is 4.39 Å². The van der Waals surface area contributed by atoms with Crippen molar-refractivity contribution < 1.29 is 14.0 Å². The van der Waals surface area contributed by atoms with Crippen LogP contribution in [0.2, 0.25) is 0 Å². The monoisotopic (exact) mass is 264 g/mol. The molecule has 1 fully saturated rings. The third-order valence-corrected chi connectivity index (χ3v) is 3.22. The number of ketones is 1. The van der Waals surface area contributed by atoms with E-state index in [4.69, 9.17) is 0 Å². The molecule has 0 aromatic heterocycles. The maximum atomic E-state index is 13.5. The molecule has 1 saturated heterocycles. The normalized spacial score (nSPS) is 19.4. The molecule has 5 heteroatoms. The van der Waals surface area contributed by atoms with E-state index in [0.29, 0.717) is 6.54 Å². The number of hydrogen-bond acceptors (Lipinski definition) is 3. The summed E-state index contributed by atoms with van der Waals surface area (Å²) in [5, 5.41) is 2.83. The number of rotatable bonds is 4. The third kappa shape index (κ3) is 3.61. The number of likely N-dealkylation sites (tertiary alicyclic amines) is 1. The summed E-state index contributed by atoms with van der Waals surface area (Å²) in [4.78, 5) is 24.9. The van der Waals surface area contributed by atoms with Gasteiger partial charge >= 0.3 is 0 Å². The Labute approximate surface area is 111 Å². The number of carbonyl (C=O) groups excluding carboxylic acids is 2. The third-order valence-electron chi connectivity index (χ3n) is 3.22. The Morgan fingerprint density at radius 1 is 1.42 bits per heavy atom. The van der Waals surface area contributed by atoms with Gasteiger partial charge in [0.15, 0.2) is 5.78 Å². The zero-order valence-corrected chi connectivity index (χ0v) is 10.9. The van der Waals surface area contributed by atoms with Gasteiger partial charge in [0.2, 0.25) is 5.91 Å². The van der Waals surface area contributed by atoms with Crippen molar-refractivity contribution >= 4 is 11.7 Å². The molecule has 1 aromatic rings. The second-order valence-corrected chi connectivity index (χ2v) is 4.82. The molecule has 1 heterocycles. The number of Topliss-reactive ketones (excluding diaryl/α,β-unsaturated/α-hetero) is 1. The van der Waals surface area contributed by atoms with Gasteiger partial charge in [0, 0.05) is 26.1 Å². The van der Waals surface area contributed by atoms with Crippen molar-refractivity contribution in [3.8, 4) is 0 Å². The molecule has 1 amide bonds. The lowest BCUT2D eigenvalue weighted by atomic mass is 10.1. The van der Waals surface area contributed by atoms with Gasteiger partial charge in [0.1, 0.15) is 5.82 Å². The van der Waals surface area contributed by atoms with Crippen LogP contribution in [0.3, 0.4) is 0 Å². The summed E-state index contributed by atoms with van der Waals surface area (Å²) in [7, 11) is 0. The van der Waals surface area contributed by atoms with Gasteiger partial charge in [-0.15, -0.1) is 0 Å². The van der Waals surface area contributed by atoms with Crippen molar-refractivity contribution in [2.45, 2.75) is 19.4 Å². The first kappa shape index (κ1) is 13.7. The summed E-state index contributed by atoms with van der Waals surface area (Å²) < 4.78 is 13.5. The van der Waals surface area contributed by atoms with E-state index in [-0.39, 0.29) is 29.8 Å². The largest absolute Gasteiger partial charge is 0.352 e. The van der Waals surface area contributed by atoms with Gasteiger partial charge in [-0.2, -0.15) is 0 Å². The van der Waals surface area contributed by atoms with E-state index in [0.717, 1.165) is 13.0 Å². The van der Waals surface area contributed by atoms with E-state index in [1.807, 2.05) is 4.90 Å². The van der Waals surface area contributed by atoms with E-state index in [9.17, 15) is 14.0 Å². The van der Waals surface area contributed by atoms with Crippen LogP contribution in [-0.4, -0.2) is 42.3 Å². The molecule has 0 aliphatic carbocycles. The molecule has 0 bridgehead atoms. The van der Waals surface area contributed by atoms with E-state index < -0.39 is 5.82 Å². The number of nitrogens with one attached hydrogen (secondary N) is 1. The number of carbonyl (C=O) groups is 2. The Balaban J connectivity index is 1.91. The SMILES string of the molecule is CC(=O)NC1CCN(CC(=O)c2ccccc2F)C1. The Hall–Kier alpha value is -1.75. The predicted molar refractivity (Wildman–Crippen MR) is 69.4 cm³/mol. The van der Waals surface area contributed by atoms with Crippen molar-refractivity contribution in [2.75, 3.05) is 19.6 Å². The van der Waals surface area contributed by atoms with E-state index in [1.54, 1.807) is 12.1 Å².